The third kappa shape index (κ3) is 6.24. The van der Waals surface area contributed by atoms with Crippen LogP contribution in [-0.4, -0.2) is 19.3 Å². The van der Waals surface area contributed by atoms with Crippen LogP contribution in [0.2, 0.25) is 19.6 Å². The lowest BCUT2D eigenvalue weighted by molar-refractivity contribution is -0.135. The Morgan fingerprint density at radius 2 is 2.09 bits per heavy atom. The van der Waals surface area contributed by atoms with E-state index in [0.717, 1.165) is 0 Å². The predicted molar refractivity (Wildman–Crippen MR) is 48.4 cm³/mol. The summed E-state index contributed by atoms with van der Waals surface area (Å²) in [4.78, 5) is 0. The highest BCUT2D eigenvalue weighted by molar-refractivity contribution is 6.69. The zero-order valence-electron chi connectivity index (χ0n) is 7.42. The van der Waals surface area contributed by atoms with Gasteiger partial charge in [0.25, 0.3) is 0 Å². The summed E-state index contributed by atoms with van der Waals surface area (Å²) in [5.74, 6) is -1.52. The first-order valence-corrected chi connectivity index (χ1v) is 7.00. The predicted octanol–water partition coefficient (Wildman–Crippen LogP) is 1.02. The van der Waals surface area contributed by atoms with Gasteiger partial charge in [-0.3, -0.25) is 5.73 Å². The molecule has 66 valence electrons. The molecule has 0 aliphatic heterocycles. The Labute approximate surface area is 69.0 Å². The van der Waals surface area contributed by atoms with E-state index in [1.807, 2.05) is 19.6 Å². The Bertz CT molecular complexity index is 140. The fourth-order valence-electron chi connectivity index (χ4n) is 0.779. The van der Waals surface area contributed by atoms with E-state index in [4.69, 9.17) is 10.2 Å². The zero-order valence-corrected chi connectivity index (χ0v) is 8.42. The molecular formula is C7H17NO2Si. The molecule has 3 nitrogen and oxygen atoms in total. The van der Waals surface area contributed by atoms with Crippen LogP contribution >= 0.6 is 0 Å². The summed E-state index contributed by atoms with van der Waals surface area (Å²) in [5.41, 5.74) is 5.41. The number of hydrogen-bond acceptors (Lipinski definition) is 3. The Morgan fingerprint density at radius 3 is 2.36 bits per heavy atom. The Balaban J connectivity index is 4.00. The normalized spacial score (nSPS) is 17.5. The molecule has 0 heterocycles. The van der Waals surface area contributed by atoms with E-state index in [0.29, 0.717) is 0 Å². The van der Waals surface area contributed by atoms with Crippen LogP contribution in [0.1, 0.15) is 6.42 Å². The van der Waals surface area contributed by atoms with E-state index in [9.17, 15) is 5.11 Å². The van der Waals surface area contributed by atoms with Gasteiger partial charge in [-0.25, -0.2) is 0 Å². The molecule has 0 bridgehead atoms. The number of aliphatic hydroxyl groups is 1. The van der Waals surface area contributed by atoms with Crippen LogP contribution < -0.4 is 5.73 Å². The quantitative estimate of drug-likeness (QED) is 0.381. The molecule has 0 aromatic rings. The summed E-state index contributed by atoms with van der Waals surface area (Å²) in [5, 5.41) is 9.37. The Kier molecular flexibility index (Phi) is 3.44. The van der Waals surface area contributed by atoms with Gasteiger partial charge in [0.2, 0.25) is 5.91 Å². The van der Waals surface area contributed by atoms with Crippen molar-refractivity contribution in [2.45, 2.75) is 32.0 Å². The molecule has 1 unspecified atom stereocenters. The van der Waals surface area contributed by atoms with Gasteiger partial charge in [0.15, 0.2) is 8.32 Å². The van der Waals surface area contributed by atoms with Crippen LogP contribution in [0, 0.1) is 0 Å². The van der Waals surface area contributed by atoms with Gasteiger partial charge in [0.1, 0.15) is 0 Å². The third-order valence-electron chi connectivity index (χ3n) is 0.920. The fourth-order valence-corrected chi connectivity index (χ4v) is 1.92. The second-order valence-electron chi connectivity index (χ2n) is 3.55. The molecule has 0 aromatic carbocycles. The molecule has 3 N–H and O–H groups in total. The van der Waals surface area contributed by atoms with E-state index < -0.39 is 14.2 Å². The molecule has 11 heavy (non-hydrogen) atoms. The lowest BCUT2D eigenvalue weighted by Gasteiger charge is -2.29. The third-order valence-corrected chi connectivity index (χ3v) is 1.89. The first-order valence-electron chi connectivity index (χ1n) is 3.59. The summed E-state index contributed by atoms with van der Waals surface area (Å²) in [6.07, 6.45) is 1.80. The van der Waals surface area contributed by atoms with Crippen LogP contribution in [-0.2, 0) is 4.43 Å². The summed E-state index contributed by atoms with van der Waals surface area (Å²) < 4.78 is 5.27. The molecule has 0 fully saturated rings. The lowest BCUT2D eigenvalue weighted by atomic mass is 10.3. The number of hydrogen-bond donors (Lipinski definition) is 2. The second kappa shape index (κ2) is 3.49. The molecule has 0 saturated heterocycles. The van der Waals surface area contributed by atoms with Crippen LogP contribution in [0.4, 0.5) is 0 Å². The molecule has 0 aliphatic carbocycles. The minimum atomic E-state index is -1.75. The van der Waals surface area contributed by atoms with Gasteiger partial charge in [-0.1, -0.05) is 6.08 Å². The zero-order chi connectivity index (χ0) is 9.12. The molecule has 4 heteroatoms. The largest absolute Gasteiger partial charge is 0.379 e. The molecule has 0 spiro atoms. The van der Waals surface area contributed by atoms with Crippen molar-refractivity contribution in [3.8, 4) is 0 Å². The van der Waals surface area contributed by atoms with Crippen LogP contribution in [0.15, 0.2) is 12.7 Å². The second-order valence-corrected chi connectivity index (χ2v) is 7.98. The first kappa shape index (κ1) is 10.8. The molecule has 1 atom stereocenters. The molecule has 0 aromatic heterocycles. The van der Waals surface area contributed by atoms with Gasteiger partial charge in [-0.05, 0) is 19.6 Å². The maximum Gasteiger partial charge on any atom is 0.216 e. The Hall–Kier alpha value is -0.163. The molecule has 0 rings (SSSR count). The maximum atomic E-state index is 9.37. The van der Waals surface area contributed by atoms with Crippen molar-refractivity contribution >= 4 is 8.32 Å². The van der Waals surface area contributed by atoms with Gasteiger partial charge in [-0.2, -0.15) is 0 Å². The molecule has 0 aliphatic rings. The fraction of sp³-hybridized carbons (Fsp3) is 0.714. The minimum absolute atomic E-state index is 0.261. The van der Waals surface area contributed by atoms with Crippen LogP contribution in [0.25, 0.3) is 0 Å². The maximum absolute atomic E-state index is 9.37. The van der Waals surface area contributed by atoms with Crippen molar-refractivity contribution in [3.63, 3.8) is 0 Å². The van der Waals surface area contributed by atoms with Crippen molar-refractivity contribution in [1.29, 1.82) is 0 Å². The van der Waals surface area contributed by atoms with Crippen molar-refractivity contribution in [2.24, 2.45) is 5.73 Å². The van der Waals surface area contributed by atoms with Crippen molar-refractivity contribution in [1.82, 2.24) is 0 Å². The van der Waals surface area contributed by atoms with E-state index in [1.165, 1.54) is 0 Å². The minimum Gasteiger partial charge on any atom is -0.379 e. The standard InChI is InChI=1S/C7H17NO2Si/c1-5-6-7(8,9)10-11(2,3)4/h5,9H,1,6,8H2,2-4H3. The summed E-state index contributed by atoms with van der Waals surface area (Å²) in [6.45, 7) is 9.37. The van der Waals surface area contributed by atoms with Gasteiger partial charge >= 0.3 is 0 Å². The highest BCUT2D eigenvalue weighted by atomic mass is 28.4. The molecule has 0 amide bonds. The molecule has 0 saturated carbocycles. The van der Waals surface area contributed by atoms with Crippen LogP contribution in [0.5, 0.6) is 0 Å². The molecule has 0 radical (unpaired) electrons. The van der Waals surface area contributed by atoms with Gasteiger partial charge in [-0.15, -0.1) is 6.58 Å². The first-order chi connectivity index (χ1) is 4.77. The molecular weight excluding hydrogens is 158 g/mol. The highest BCUT2D eigenvalue weighted by Crippen LogP contribution is 2.13. The average Bonchev–Trinajstić information content (AvgIpc) is 1.55. The van der Waals surface area contributed by atoms with Gasteiger partial charge in [0, 0.05) is 6.42 Å². The van der Waals surface area contributed by atoms with E-state index in [1.54, 1.807) is 6.08 Å². The SMILES string of the molecule is C=CCC(N)(O)O[Si](C)(C)C. The number of nitrogens with two attached hydrogens (primary N) is 1. The van der Waals surface area contributed by atoms with Crippen molar-refractivity contribution in [2.75, 3.05) is 0 Å². The Morgan fingerprint density at radius 1 is 1.64 bits per heavy atom. The highest BCUT2D eigenvalue weighted by Gasteiger charge is 2.28. The summed E-state index contributed by atoms with van der Waals surface area (Å²) in [7, 11) is -1.75. The lowest BCUT2D eigenvalue weighted by Crippen LogP contribution is -2.49. The van der Waals surface area contributed by atoms with E-state index >= 15 is 0 Å². The summed E-state index contributed by atoms with van der Waals surface area (Å²) >= 11 is 0. The topological polar surface area (TPSA) is 55.5 Å². The monoisotopic (exact) mass is 175 g/mol. The number of rotatable bonds is 4. The summed E-state index contributed by atoms with van der Waals surface area (Å²) in [6, 6.07) is 0. The van der Waals surface area contributed by atoms with E-state index in [2.05, 4.69) is 6.58 Å². The van der Waals surface area contributed by atoms with Crippen molar-refractivity contribution < 1.29 is 9.53 Å². The van der Waals surface area contributed by atoms with Crippen LogP contribution in [0.3, 0.4) is 0 Å². The average molecular weight is 175 g/mol. The van der Waals surface area contributed by atoms with E-state index in [-0.39, 0.29) is 6.42 Å². The van der Waals surface area contributed by atoms with Gasteiger partial charge < -0.3 is 9.53 Å². The smallest absolute Gasteiger partial charge is 0.216 e. The van der Waals surface area contributed by atoms with Gasteiger partial charge in [0.05, 0.1) is 0 Å². The van der Waals surface area contributed by atoms with Crippen molar-refractivity contribution in [3.05, 3.63) is 12.7 Å².